The second-order valence-corrected chi connectivity index (χ2v) is 14.2. The summed E-state index contributed by atoms with van der Waals surface area (Å²) in [4.78, 5) is 43.7. The molecule has 0 saturated carbocycles. The highest BCUT2D eigenvalue weighted by Crippen LogP contribution is 2.29. The Bertz CT molecular complexity index is 1260. The average molecular weight is 649 g/mol. The molecule has 2 saturated heterocycles. The molecule has 2 fully saturated rings. The first-order valence-electron chi connectivity index (χ1n) is 17.5. The molecule has 0 aromatic heterocycles. The van der Waals surface area contributed by atoms with Crippen molar-refractivity contribution in [2.75, 3.05) is 39.5 Å². The molecule has 2 aliphatic rings. The van der Waals surface area contributed by atoms with Gasteiger partial charge < -0.3 is 25.4 Å². The summed E-state index contributed by atoms with van der Waals surface area (Å²) in [7, 11) is 0. The van der Waals surface area contributed by atoms with Gasteiger partial charge in [0.25, 0.3) is 0 Å². The summed E-state index contributed by atoms with van der Waals surface area (Å²) in [5.74, 6) is -0.230. The van der Waals surface area contributed by atoms with Crippen molar-refractivity contribution in [2.45, 2.75) is 96.5 Å². The van der Waals surface area contributed by atoms with Crippen LogP contribution in [-0.2, 0) is 36.7 Å². The molecule has 5 atom stereocenters. The maximum Gasteiger partial charge on any atom is 0.243 e. The number of amides is 2. The highest BCUT2D eigenvalue weighted by atomic mass is 16.6. The molecule has 9 heteroatoms. The smallest absolute Gasteiger partial charge is 0.243 e. The van der Waals surface area contributed by atoms with Gasteiger partial charge in [-0.05, 0) is 55.6 Å². The Morgan fingerprint density at radius 1 is 0.787 bits per heavy atom. The van der Waals surface area contributed by atoms with E-state index in [9.17, 15) is 14.4 Å². The number of aryl methyl sites for hydroxylation is 1. The average Bonchev–Trinajstić information content (AvgIpc) is 3.82. The van der Waals surface area contributed by atoms with Crippen molar-refractivity contribution >= 4 is 17.6 Å². The minimum absolute atomic E-state index is 0.117. The molecular weight excluding hydrogens is 592 g/mol. The van der Waals surface area contributed by atoms with Crippen molar-refractivity contribution < 1.29 is 23.9 Å². The van der Waals surface area contributed by atoms with Gasteiger partial charge in [-0.15, -0.1) is 0 Å². The zero-order valence-corrected chi connectivity index (χ0v) is 29.0. The standard InChI is InChI=1S/C38H56N4O5/c1-27(2)22-32(35(43)38(5)26-47-38)40-37(45)34(24-30-14-10-7-11-15-30)41-36(44)33(23-28(3)4)39-25-31(42-18-20-46-21-19-42)17-16-29-12-8-6-9-13-29/h6-15,27-28,31-34,39H,16-26H2,1-5H3,(H,40,45)(H,41,44)/t31-,32-,33-,34-,38+/m0/s1. The minimum Gasteiger partial charge on any atom is -0.379 e. The number of benzene rings is 2. The van der Waals surface area contributed by atoms with Crippen LogP contribution in [0.25, 0.3) is 0 Å². The van der Waals surface area contributed by atoms with E-state index in [2.05, 4.69) is 59.0 Å². The zero-order valence-electron chi connectivity index (χ0n) is 29.0. The molecule has 2 heterocycles. The molecule has 2 amide bonds. The van der Waals surface area contributed by atoms with Crippen LogP contribution in [0.5, 0.6) is 0 Å². The van der Waals surface area contributed by atoms with Crippen LogP contribution in [0.1, 0.15) is 65.0 Å². The number of carbonyl (C=O) groups is 3. The van der Waals surface area contributed by atoms with E-state index in [4.69, 9.17) is 9.47 Å². The molecular formula is C38H56N4O5. The summed E-state index contributed by atoms with van der Waals surface area (Å²) in [5.41, 5.74) is 1.38. The second kappa shape index (κ2) is 17.9. The first-order chi connectivity index (χ1) is 22.5. The molecule has 258 valence electrons. The molecule has 2 aliphatic heterocycles. The lowest BCUT2D eigenvalue weighted by molar-refractivity contribution is -0.133. The minimum atomic E-state index is -0.852. The van der Waals surface area contributed by atoms with Gasteiger partial charge in [0.05, 0.1) is 31.9 Å². The van der Waals surface area contributed by atoms with E-state index in [1.165, 1.54) is 5.56 Å². The molecule has 4 rings (SSSR count). The fourth-order valence-corrected chi connectivity index (χ4v) is 6.29. The molecule has 0 spiro atoms. The van der Waals surface area contributed by atoms with Gasteiger partial charge >= 0.3 is 0 Å². The van der Waals surface area contributed by atoms with E-state index >= 15 is 0 Å². The lowest BCUT2D eigenvalue weighted by atomic mass is 9.93. The highest BCUT2D eigenvalue weighted by molar-refractivity contribution is 5.98. The van der Waals surface area contributed by atoms with Gasteiger partial charge in [-0.2, -0.15) is 0 Å². The fourth-order valence-electron chi connectivity index (χ4n) is 6.29. The topological polar surface area (TPSA) is 112 Å². The van der Waals surface area contributed by atoms with E-state index in [0.717, 1.165) is 31.5 Å². The third-order valence-electron chi connectivity index (χ3n) is 9.15. The van der Waals surface area contributed by atoms with Crippen LogP contribution in [0.2, 0.25) is 0 Å². The Hall–Kier alpha value is -3.11. The number of epoxide rings is 1. The Balaban J connectivity index is 1.48. The number of nitrogens with one attached hydrogen (secondary N) is 3. The maximum absolute atomic E-state index is 14.0. The van der Waals surface area contributed by atoms with Gasteiger partial charge in [0, 0.05) is 32.1 Å². The summed E-state index contributed by atoms with van der Waals surface area (Å²) in [6, 6.07) is 18.4. The summed E-state index contributed by atoms with van der Waals surface area (Å²) in [5, 5.41) is 9.71. The number of carbonyl (C=O) groups excluding carboxylic acids is 3. The number of morpholine rings is 1. The first kappa shape index (κ1) is 36.7. The van der Waals surface area contributed by atoms with Crippen molar-refractivity contribution in [3.63, 3.8) is 0 Å². The second-order valence-electron chi connectivity index (χ2n) is 14.2. The fraction of sp³-hybridized carbons (Fsp3) is 0.605. The van der Waals surface area contributed by atoms with Crippen LogP contribution < -0.4 is 16.0 Å². The molecule has 9 nitrogen and oxygen atoms in total. The van der Waals surface area contributed by atoms with Crippen molar-refractivity contribution in [3.05, 3.63) is 71.8 Å². The highest BCUT2D eigenvalue weighted by Gasteiger charge is 2.50. The molecule has 0 aliphatic carbocycles. The van der Waals surface area contributed by atoms with Crippen LogP contribution in [-0.4, -0.2) is 91.7 Å². The van der Waals surface area contributed by atoms with Crippen molar-refractivity contribution in [3.8, 4) is 0 Å². The zero-order chi connectivity index (χ0) is 33.8. The van der Waals surface area contributed by atoms with Gasteiger partial charge in [0.2, 0.25) is 11.8 Å². The Labute approximate surface area is 281 Å². The van der Waals surface area contributed by atoms with Gasteiger partial charge in [-0.3, -0.25) is 19.3 Å². The van der Waals surface area contributed by atoms with Gasteiger partial charge in [-0.25, -0.2) is 0 Å². The van der Waals surface area contributed by atoms with E-state index in [0.29, 0.717) is 45.6 Å². The number of rotatable bonds is 19. The summed E-state index contributed by atoms with van der Waals surface area (Å²) >= 11 is 0. The van der Waals surface area contributed by atoms with Gasteiger partial charge in [-0.1, -0.05) is 88.4 Å². The molecule has 0 radical (unpaired) electrons. The van der Waals surface area contributed by atoms with E-state index < -0.39 is 23.7 Å². The number of Topliss-reactive ketones (excluding diaryl/α,β-unsaturated/α-hetero) is 1. The van der Waals surface area contributed by atoms with E-state index in [-0.39, 0.29) is 35.5 Å². The Morgan fingerprint density at radius 3 is 1.89 bits per heavy atom. The van der Waals surface area contributed by atoms with E-state index in [1.807, 2.05) is 50.2 Å². The van der Waals surface area contributed by atoms with Crippen LogP contribution in [0, 0.1) is 11.8 Å². The molecule has 0 bridgehead atoms. The van der Waals surface area contributed by atoms with Crippen LogP contribution >= 0.6 is 0 Å². The normalized spacial score (nSPS) is 20.7. The SMILES string of the molecule is CC(C)C[C@H](NC[C@H](CCc1ccccc1)N1CCOCC1)C(=O)N[C@@H](Cc1ccccc1)C(=O)N[C@@H](CC(C)C)C(=O)[C@@]1(C)CO1. The van der Waals surface area contributed by atoms with Crippen molar-refractivity contribution in [1.82, 2.24) is 20.9 Å². The summed E-state index contributed by atoms with van der Waals surface area (Å²) < 4.78 is 11.1. The molecule has 2 aromatic rings. The lowest BCUT2D eigenvalue weighted by Crippen LogP contribution is -2.58. The van der Waals surface area contributed by atoms with Gasteiger partial charge in [0.15, 0.2) is 5.78 Å². The molecule has 3 N–H and O–H groups in total. The predicted molar refractivity (Wildman–Crippen MR) is 185 cm³/mol. The Morgan fingerprint density at radius 2 is 1.32 bits per heavy atom. The number of nitrogens with zero attached hydrogens (tertiary/aromatic N) is 1. The van der Waals surface area contributed by atoms with Crippen molar-refractivity contribution in [2.24, 2.45) is 11.8 Å². The monoisotopic (exact) mass is 648 g/mol. The molecule has 47 heavy (non-hydrogen) atoms. The van der Waals surface area contributed by atoms with Crippen LogP contribution in [0.15, 0.2) is 60.7 Å². The van der Waals surface area contributed by atoms with Crippen molar-refractivity contribution in [1.29, 1.82) is 0 Å². The third kappa shape index (κ3) is 11.8. The Kier molecular flexibility index (Phi) is 14.0. The number of hydrogen-bond acceptors (Lipinski definition) is 7. The van der Waals surface area contributed by atoms with E-state index in [1.54, 1.807) is 6.92 Å². The van der Waals surface area contributed by atoms with Crippen LogP contribution in [0.3, 0.4) is 0 Å². The largest absolute Gasteiger partial charge is 0.379 e. The predicted octanol–water partition coefficient (Wildman–Crippen LogP) is 3.94. The number of ether oxygens (including phenoxy) is 2. The van der Waals surface area contributed by atoms with Gasteiger partial charge in [0.1, 0.15) is 11.6 Å². The molecule has 2 aromatic carbocycles. The summed E-state index contributed by atoms with van der Waals surface area (Å²) in [6.07, 6.45) is 3.35. The lowest BCUT2D eigenvalue weighted by Gasteiger charge is -2.36. The first-order valence-corrected chi connectivity index (χ1v) is 17.5. The third-order valence-corrected chi connectivity index (χ3v) is 9.15. The summed E-state index contributed by atoms with van der Waals surface area (Å²) in [6.45, 7) is 14.2. The van der Waals surface area contributed by atoms with Crippen LogP contribution in [0.4, 0.5) is 0 Å². The maximum atomic E-state index is 14.0. The molecule has 0 unspecified atom stereocenters. The quantitative estimate of drug-likeness (QED) is 0.198. The number of ketones is 1. The number of hydrogen-bond donors (Lipinski definition) is 3.